The quantitative estimate of drug-likeness (QED) is 0.0817. The average molecular weight is 871 g/mol. The van der Waals surface area contributed by atoms with E-state index < -0.39 is 185 Å². The number of aliphatic carboxylic acids is 3. The number of aliphatic hydroxyl groups excluding tert-OH is 14. The van der Waals surface area contributed by atoms with E-state index in [0.717, 1.165) is 0 Å². The van der Waals surface area contributed by atoms with Gasteiger partial charge in [0.15, 0.2) is 49.8 Å². The number of hydrogen-bond acceptors (Lipinski definition) is 26. The Bertz CT molecular complexity index is 1440. The topological polar surface area (TPSA) is 478 Å². The van der Waals surface area contributed by atoms with Gasteiger partial charge in [-0.15, -0.1) is 0 Å². The third-order valence-electron chi connectivity index (χ3n) is 10.2. The monoisotopic (exact) mass is 870 g/mol. The minimum Gasteiger partial charge on any atom is -0.479 e. The van der Waals surface area contributed by atoms with Gasteiger partial charge in [0.1, 0.15) is 104 Å². The molecule has 0 saturated carbocycles. The molecule has 29 nitrogen and oxygen atoms in total. The van der Waals surface area contributed by atoms with Crippen molar-refractivity contribution in [3.05, 3.63) is 0 Å². The summed E-state index contributed by atoms with van der Waals surface area (Å²) in [6.45, 7) is -2.04. The summed E-state index contributed by atoms with van der Waals surface area (Å²) in [5.74, 6) is -5.89. The van der Waals surface area contributed by atoms with E-state index in [4.69, 9.17) is 42.6 Å². The standard InChI is InChI=1S/C30H46O29/c31-1-3-5(33)6(34)12(40)27(52-3)57-20-18(15(43)30(59-22(20)25(48)49)53-16-4(2-32)51-26(50)11(39)9(16)37)55-29-14(42)10(38)17(21(58-29)24(46)47)54-28-13(41)7(35)8(36)19(56-28)23(44)45/h3-22,26-43,50H,1-2H2,(H,44,45)(H,46,47)(H,48,49)/t3-,4-,5-,6+,7+,8+,9-,10-,11-,12-,13-,14-,15-,16+,17+,18-,19+,20-,21+,22+,26+,27+,28-,29-,30+/m1/s1. The number of ether oxygens (including phenoxy) is 9. The molecular formula is C30H46O29. The normalized spacial score (nSPS) is 50.8. The molecule has 5 rings (SSSR count). The zero-order valence-corrected chi connectivity index (χ0v) is 29.8. The molecule has 59 heavy (non-hydrogen) atoms. The molecule has 25 atom stereocenters. The van der Waals surface area contributed by atoms with Gasteiger partial charge in [0, 0.05) is 0 Å². The van der Waals surface area contributed by atoms with E-state index in [1.165, 1.54) is 0 Å². The number of carboxylic acid groups (broad SMARTS) is 3. The molecule has 0 unspecified atom stereocenters. The molecule has 5 aliphatic rings. The Hall–Kier alpha value is -2.51. The van der Waals surface area contributed by atoms with Gasteiger partial charge in [-0.25, -0.2) is 14.4 Å². The molecule has 0 aromatic carbocycles. The predicted octanol–water partition coefficient (Wildman–Crippen LogP) is -11.6. The highest BCUT2D eigenvalue weighted by Gasteiger charge is 2.59. The van der Waals surface area contributed by atoms with E-state index >= 15 is 0 Å². The molecule has 0 spiro atoms. The lowest BCUT2D eigenvalue weighted by atomic mass is 9.94. The van der Waals surface area contributed by atoms with Gasteiger partial charge in [-0.1, -0.05) is 0 Å². The second kappa shape index (κ2) is 19.3. The summed E-state index contributed by atoms with van der Waals surface area (Å²) in [5, 5.41) is 175. The molecular weight excluding hydrogens is 824 g/mol. The molecule has 5 heterocycles. The maximum Gasteiger partial charge on any atom is 0.335 e. The summed E-state index contributed by atoms with van der Waals surface area (Å²) < 4.78 is 47.9. The highest BCUT2D eigenvalue weighted by atomic mass is 16.8. The zero-order chi connectivity index (χ0) is 43.9. The van der Waals surface area contributed by atoms with Crippen LogP contribution in [-0.4, -0.2) is 271 Å². The second-order valence-electron chi connectivity index (χ2n) is 14.1. The Labute approximate surface area is 328 Å². The minimum atomic E-state index is -2.53. The van der Waals surface area contributed by atoms with E-state index in [1.807, 2.05) is 0 Å². The lowest BCUT2D eigenvalue weighted by Gasteiger charge is -2.50. The number of carboxylic acids is 3. The van der Waals surface area contributed by atoms with E-state index in [0.29, 0.717) is 0 Å². The Kier molecular flexibility index (Phi) is 15.5. The van der Waals surface area contributed by atoms with Crippen molar-refractivity contribution in [2.24, 2.45) is 0 Å². The number of aliphatic hydroxyl groups is 14. The van der Waals surface area contributed by atoms with Crippen molar-refractivity contribution in [2.75, 3.05) is 13.2 Å². The van der Waals surface area contributed by atoms with Crippen LogP contribution in [0.15, 0.2) is 0 Å². The fraction of sp³-hybridized carbons (Fsp3) is 0.900. The summed E-state index contributed by atoms with van der Waals surface area (Å²) >= 11 is 0. The van der Waals surface area contributed by atoms with Gasteiger partial charge in [0.25, 0.3) is 0 Å². The first-order valence-corrected chi connectivity index (χ1v) is 17.6. The van der Waals surface area contributed by atoms with Crippen LogP contribution in [0.5, 0.6) is 0 Å². The molecule has 17 N–H and O–H groups in total. The minimum absolute atomic E-state index is 1.01. The first-order chi connectivity index (χ1) is 27.6. The van der Waals surface area contributed by atoms with Gasteiger partial charge in [-0.3, -0.25) is 0 Å². The van der Waals surface area contributed by atoms with Crippen molar-refractivity contribution in [1.82, 2.24) is 0 Å². The van der Waals surface area contributed by atoms with E-state index in [2.05, 4.69) is 0 Å². The fourth-order valence-electron chi connectivity index (χ4n) is 6.94. The highest BCUT2D eigenvalue weighted by Crippen LogP contribution is 2.37. The summed E-state index contributed by atoms with van der Waals surface area (Å²) in [4.78, 5) is 36.7. The Morgan fingerprint density at radius 1 is 0.356 bits per heavy atom. The second-order valence-corrected chi connectivity index (χ2v) is 14.1. The van der Waals surface area contributed by atoms with Crippen LogP contribution >= 0.6 is 0 Å². The van der Waals surface area contributed by atoms with Crippen LogP contribution < -0.4 is 0 Å². The van der Waals surface area contributed by atoms with Gasteiger partial charge in [0.05, 0.1) is 13.2 Å². The lowest BCUT2D eigenvalue weighted by Crippen LogP contribution is -2.69. The molecule has 0 radical (unpaired) electrons. The van der Waals surface area contributed by atoms with Crippen LogP contribution in [0.3, 0.4) is 0 Å². The van der Waals surface area contributed by atoms with E-state index in [1.54, 1.807) is 0 Å². The van der Waals surface area contributed by atoms with Crippen molar-refractivity contribution in [2.45, 2.75) is 154 Å². The highest BCUT2D eigenvalue weighted by molar-refractivity contribution is 5.74. The molecule has 0 amide bonds. The molecule has 5 saturated heterocycles. The van der Waals surface area contributed by atoms with Crippen molar-refractivity contribution in [3.63, 3.8) is 0 Å². The Morgan fingerprint density at radius 3 is 1.27 bits per heavy atom. The summed E-state index contributed by atoms with van der Waals surface area (Å²) in [7, 11) is 0. The molecule has 0 aromatic rings. The van der Waals surface area contributed by atoms with Gasteiger partial charge in [-0.05, 0) is 0 Å². The molecule has 5 fully saturated rings. The van der Waals surface area contributed by atoms with Gasteiger partial charge >= 0.3 is 17.9 Å². The van der Waals surface area contributed by atoms with Gasteiger partial charge in [-0.2, -0.15) is 0 Å². The SMILES string of the molecule is O=C(O)[C@H]1O[C@@H](O[C@H]2[C@H](O)[C@@H](O)[C@H](O[C@@H]3[C@@H](O)[C@@H](O[C@@H]4[C@H](O)[C@@H](O)[C@@H](O)O[C@@H]4CO)O[C@H](C(=O)O)[C@@H]3O[C@@H]3O[C@H](CO)[C@@H](O)[C@H](O)[C@H]3O)O[C@@H]2C(=O)O)[C@H](O)[C@@H](O)[C@@H]1O. The first-order valence-electron chi connectivity index (χ1n) is 17.6. The van der Waals surface area contributed by atoms with Crippen molar-refractivity contribution < 1.29 is 144 Å². The van der Waals surface area contributed by atoms with Crippen LogP contribution in [-0.2, 0) is 57.0 Å². The fourth-order valence-corrected chi connectivity index (χ4v) is 6.94. The number of rotatable bonds is 13. The Balaban J connectivity index is 1.47. The molecule has 29 heteroatoms. The van der Waals surface area contributed by atoms with Crippen LogP contribution in [0.4, 0.5) is 0 Å². The number of hydrogen-bond donors (Lipinski definition) is 17. The third kappa shape index (κ3) is 9.47. The van der Waals surface area contributed by atoms with Crippen molar-refractivity contribution >= 4 is 17.9 Å². The maximum absolute atomic E-state index is 12.7. The first kappa shape index (κ1) is 47.5. The summed E-state index contributed by atoms with van der Waals surface area (Å²) in [6, 6.07) is 0. The van der Waals surface area contributed by atoms with Gasteiger partial charge < -0.3 is 129 Å². The number of carbonyl (C=O) groups is 3. The molecule has 5 aliphatic heterocycles. The molecule has 0 bridgehead atoms. The Morgan fingerprint density at radius 2 is 0.746 bits per heavy atom. The van der Waals surface area contributed by atoms with Crippen molar-refractivity contribution in [1.29, 1.82) is 0 Å². The van der Waals surface area contributed by atoms with Crippen LogP contribution in [0.2, 0.25) is 0 Å². The summed E-state index contributed by atoms with van der Waals surface area (Å²) in [5.41, 5.74) is 0. The third-order valence-corrected chi connectivity index (χ3v) is 10.2. The maximum atomic E-state index is 12.7. The smallest absolute Gasteiger partial charge is 0.335 e. The summed E-state index contributed by atoms with van der Waals surface area (Å²) in [6.07, 6.45) is -56.1. The van der Waals surface area contributed by atoms with Crippen molar-refractivity contribution in [3.8, 4) is 0 Å². The zero-order valence-electron chi connectivity index (χ0n) is 29.8. The van der Waals surface area contributed by atoms with E-state index in [9.17, 15) is 101 Å². The van der Waals surface area contributed by atoms with E-state index in [-0.39, 0.29) is 0 Å². The molecule has 0 aromatic heterocycles. The lowest BCUT2D eigenvalue weighted by molar-refractivity contribution is -0.397. The largest absolute Gasteiger partial charge is 0.479 e. The molecule has 340 valence electrons. The molecule has 0 aliphatic carbocycles. The van der Waals surface area contributed by atoms with Crippen LogP contribution in [0, 0.1) is 0 Å². The van der Waals surface area contributed by atoms with Crippen LogP contribution in [0.1, 0.15) is 0 Å². The van der Waals surface area contributed by atoms with Gasteiger partial charge in [0.2, 0.25) is 0 Å². The average Bonchev–Trinajstić information content (AvgIpc) is 3.19. The van der Waals surface area contributed by atoms with Crippen LogP contribution in [0.25, 0.3) is 0 Å². The predicted molar refractivity (Wildman–Crippen MR) is 168 cm³/mol.